The number of nitrogens with one attached hydrogen (secondary N) is 1. The molecule has 4 nitrogen and oxygen atoms in total. The van der Waals surface area contributed by atoms with E-state index in [1.807, 2.05) is 6.92 Å². The second-order valence-corrected chi connectivity index (χ2v) is 2.50. The topological polar surface area (TPSA) is 75.3 Å². The first-order valence-corrected chi connectivity index (χ1v) is 3.45. The number of aryl methyl sites for hydroxylation is 1. The van der Waals surface area contributed by atoms with E-state index in [1.165, 1.54) is 0 Å². The van der Waals surface area contributed by atoms with Crippen molar-refractivity contribution in [3.05, 3.63) is 23.8 Å². The van der Waals surface area contributed by atoms with Gasteiger partial charge in [0.25, 0.3) is 0 Å². The van der Waals surface area contributed by atoms with Crippen molar-refractivity contribution in [3.63, 3.8) is 0 Å². The first-order valence-electron chi connectivity index (χ1n) is 3.45. The van der Waals surface area contributed by atoms with E-state index in [-0.39, 0.29) is 0 Å². The third-order valence-electron chi connectivity index (χ3n) is 1.52. The van der Waals surface area contributed by atoms with Crippen molar-refractivity contribution in [2.24, 2.45) is 0 Å². The molecule has 1 aromatic rings. The highest BCUT2D eigenvalue weighted by atomic mass is 16.4. The van der Waals surface area contributed by atoms with Crippen LogP contribution in [0, 0.1) is 6.92 Å². The lowest BCUT2D eigenvalue weighted by Gasteiger charge is -2.03. The van der Waals surface area contributed by atoms with Crippen molar-refractivity contribution in [2.75, 3.05) is 11.1 Å². The molecule has 0 aliphatic heterocycles. The lowest BCUT2D eigenvalue weighted by molar-refractivity contribution is 0.210. The molecule has 0 aliphatic carbocycles. The quantitative estimate of drug-likeness (QED) is 0.555. The van der Waals surface area contributed by atoms with E-state index in [0.717, 1.165) is 5.56 Å². The van der Waals surface area contributed by atoms with Crippen LogP contribution >= 0.6 is 0 Å². The number of benzene rings is 1. The summed E-state index contributed by atoms with van der Waals surface area (Å²) < 4.78 is 0. The van der Waals surface area contributed by atoms with E-state index >= 15 is 0 Å². The van der Waals surface area contributed by atoms with Crippen LogP contribution in [-0.4, -0.2) is 11.2 Å². The summed E-state index contributed by atoms with van der Waals surface area (Å²) in [6.07, 6.45) is -1.07. The molecule has 0 aromatic heterocycles. The number of nitrogen functional groups attached to an aromatic ring is 1. The fourth-order valence-corrected chi connectivity index (χ4v) is 0.877. The van der Waals surface area contributed by atoms with Gasteiger partial charge in [0, 0.05) is 11.4 Å². The molecule has 0 spiro atoms. The zero-order valence-electron chi connectivity index (χ0n) is 6.66. The van der Waals surface area contributed by atoms with Crippen molar-refractivity contribution in [1.82, 2.24) is 0 Å². The Morgan fingerprint density at radius 3 is 2.75 bits per heavy atom. The average molecular weight is 166 g/mol. The van der Waals surface area contributed by atoms with Crippen LogP contribution < -0.4 is 11.1 Å². The summed E-state index contributed by atoms with van der Waals surface area (Å²) in [5, 5.41) is 10.6. The van der Waals surface area contributed by atoms with Gasteiger partial charge in [0.1, 0.15) is 0 Å². The normalized spacial score (nSPS) is 9.42. The molecule has 0 bridgehead atoms. The third kappa shape index (κ3) is 1.88. The highest BCUT2D eigenvalue weighted by Gasteiger charge is 1.98. The second-order valence-electron chi connectivity index (χ2n) is 2.50. The highest BCUT2D eigenvalue weighted by molar-refractivity contribution is 5.83. The molecule has 0 aliphatic rings. The number of hydrogen-bond donors (Lipinski definition) is 3. The summed E-state index contributed by atoms with van der Waals surface area (Å²) >= 11 is 0. The number of carboxylic acid groups (broad SMARTS) is 1. The van der Waals surface area contributed by atoms with Crippen LogP contribution in [0.3, 0.4) is 0 Å². The van der Waals surface area contributed by atoms with Crippen LogP contribution in [0.1, 0.15) is 5.56 Å². The predicted molar refractivity (Wildman–Crippen MR) is 47.2 cm³/mol. The number of anilines is 2. The molecule has 0 fully saturated rings. The van der Waals surface area contributed by atoms with E-state index in [9.17, 15) is 4.79 Å². The van der Waals surface area contributed by atoms with Crippen LogP contribution in [0.15, 0.2) is 18.2 Å². The van der Waals surface area contributed by atoms with Crippen molar-refractivity contribution in [3.8, 4) is 0 Å². The molecule has 4 heteroatoms. The fourth-order valence-electron chi connectivity index (χ4n) is 0.877. The maximum absolute atomic E-state index is 10.2. The Hall–Kier alpha value is -1.71. The number of nitrogens with two attached hydrogens (primary N) is 1. The molecule has 0 saturated carbocycles. The molecular formula is C8H10N2O2. The summed E-state index contributed by atoms with van der Waals surface area (Å²) in [6, 6.07) is 4.97. The molecular weight excluding hydrogens is 156 g/mol. The number of rotatable bonds is 1. The van der Waals surface area contributed by atoms with Crippen LogP contribution in [0.5, 0.6) is 0 Å². The Bertz CT molecular complexity index is 310. The first-order chi connectivity index (χ1) is 5.59. The Labute approximate surface area is 70.0 Å². The van der Waals surface area contributed by atoms with Gasteiger partial charge in [-0.25, -0.2) is 4.79 Å². The van der Waals surface area contributed by atoms with Gasteiger partial charge >= 0.3 is 6.09 Å². The van der Waals surface area contributed by atoms with Gasteiger partial charge in [-0.3, -0.25) is 5.32 Å². The molecule has 0 radical (unpaired) electrons. The Morgan fingerprint density at radius 2 is 2.25 bits per heavy atom. The van der Waals surface area contributed by atoms with Crippen LogP contribution in [0.2, 0.25) is 0 Å². The smallest absolute Gasteiger partial charge is 0.409 e. The number of hydrogen-bond acceptors (Lipinski definition) is 2. The lowest BCUT2D eigenvalue weighted by Crippen LogP contribution is -2.07. The van der Waals surface area contributed by atoms with Crippen molar-refractivity contribution >= 4 is 17.5 Å². The molecule has 4 N–H and O–H groups in total. The van der Waals surface area contributed by atoms with Gasteiger partial charge in [-0.2, -0.15) is 0 Å². The molecule has 12 heavy (non-hydrogen) atoms. The summed E-state index contributed by atoms with van der Waals surface area (Å²) in [5.41, 5.74) is 7.60. The second kappa shape index (κ2) is 3.13. The zero-order chi connectivity index (χ0) is 9.14. The predicted octanol–water partition coefficient (Wildman–Crippen LogP) is 1.67. The number of carbonyl (C=O) groups is 1. The molecule has 0 heterocycles. The lowest BCUT2D eigenvalue weighted by atomic mass is 10.2. The van der Waals surface area contributed by atoms with Crippen molar-refractivity contribution < 1.29 is 9.90 Å². The Morgan fingerprint density at radius 1 is 1.58 bits per heavy atom. The maximum Gasteiger partial charge on any atom is 0.409 e. The van der Waals surface area contributed by atoms with Gasteiger partial charge in [-0.05, 0) is 30.7 Å². The Kier molecular flexibility index (Phi) is 2.19. The monoisotopic (exact) mass is 166 g/mol. The SMILES string of the molecule is Cc1cc(NC(=O)O)ccc1N. The van der Waals surface area contributed by atoms with E-state index in [0.29, 0.717) is 11.4 Å². The minimum atomic E-state index is -1.07. The summed E-state index contributed by atoms with van der Waals surface area (Å²) in [5.74, 6) is 0. The van der Waals surface area contributed by atoms with Gasteiger partial charge in [-0.1, -0.05) is 0 Å². The zero-order valence-corrected chi connectivity index (χ0v) is 6.66. The molecule has 1 rings (SSSR count). The third-order valence-corrected chi connectivity index (χ3v) is 1.52. The number of amides is 1. The van der Waals surface area contributed by atoms with Crippen LogP contribution in [0.25, 0.3) is 0 Å². The fraction of sp³-hybridized carbons (Fsp3) is 0.125. The van der Waals surface area contributed by atoms with Crippen LogP contribution in [0.4, 0.5) is 16.2 Å². The van der Waals surface area contributed by atoms with E-state index in [4.69, 9.17) is 10.8 Å². The van der Waals surface area contributed by atoms with Crippen molar-refractivity contribution in [1.29, 1.82) is 0 Å². The largest absolute Gasteiger partial charge is 0.465 e. The molecule has 64 valence electrons. The van der Waals surface area contributed by atoms with E-state index < -0.39 is 6.09 Å². The highest BCUT2D eigenvalue weighted by Crippen LogP contribution is 2.16. The Balaban J connectivity index is 2.89. The van der Waals surface area contributed by atoms with Gasteiger partial charge in [0.2, 0.25) is 0 Å². The van der Waals surface area contributed by atoms with Crippen LogP contribution in [-0.2, 0) is 0 Å². The van der Waals surface area contributed by atoms with E-state index in [1.54, 1.807) is 18.2 Å². The minimum Gasteiger partial charge on any atom is -0.465 e. The maximum atomic E-state index is 10.2. The van der Waals surface area contributed by atoms with Gasteiger partial charge in [-0.15, -0.1) is 0 Å². The molecule has 0 saturated heterocycles. The standard InChI is InChI=1S/C8H10N2O2/c1-5-4-6(10-8(11)12)2-3-7(5)9/h2-4,10H,9H2,1H3,(H,11,12). The molecule has 1 amide bonds. The minimum absolute atomic E-state index is 0.536. The summed E-state index contributed by atoms with van der Waals surface area (Å²) in [7, 11) is 0. The average Bonchev–Trinajstić information content (AvgIpc) is 1.96. The van der Waals surface area contributed by atoms with Gasteiger partial charge in [0.05, 0.1) is 0 Å². The van der Waals surface area contributed by atoms with Gasteiger partial charge in [0.15, 0.2) is 0 Å². The first kappa shape index (κ1) is 8.39. The van der Waals surface area contributed by atoms with Gasteiger partial charge < -0.3 is 10.8 Å². The molecule has 0 unspecified atom stereocenters. The summed E-state index contributed by atoms with van der Waals surface area (Å²) in [6.45, 7) is 1.82. The molecule has 0 atom stereocenters. The summed E-state index contributed by atoms with van der Waals surface area (Å²) in [4.78, 5) is 10.2. The van der Waals surface area contributed by atoms with Crippen molar-refractivity contribution in [2.45, 2.75) is 6.92 Å². The molecule has 1 aromatic carbocycles. The van der Waals surface area contributed by atoms with E-state index in [2.05, 4.69) is 5.32 Å².